The Labute approximate surface area is 313 Å². The molecule has 0 atom stereocenters. The van der Waals surface area contributed by atoms with Crippen LogP contribution in [-0.4, -0.2) is 9.13 Å². The fourth-order valence-electron chi connectivity index (χ4n) is 6.79. The minimum absolute atomic E-state index is 0.102. The van der Waals surface area contributed by atoms with Crippen molar-refractivity contribution in [3.63, 3.8) is 0 Å². The summed E-state index contributed by atoms with van der Waals surface area (Å²) in [6.45, 7) is 0. The second-order valence-electron chi connectivity index (χ2n) is 11.8. The molecule has 2 nitrogen and oxygen atoms in total. The van der Waals surface area contributed by atoms with Crippen LogP contribution in [-0.2, 0) is 0 Å². The van der Waals surface area contributed by atoms with Crippen LogP contribution < -0.4 is 0 Å². The van der Waals surface area contributed by atoms with Crippen molar-refractivity contribution < 1.29 is 21.9 Å². The highest BCUT2D eigenvalue weighted by Gasteiger charge is 2.16. The Morgan fingerprint density at radius 3 is 1.28 bits per heavy atom. The Hall–Kier alpha value is -6.64. The zero-order valence-electron chi connectivity index (χ0n) is 42.1. The van der Waals surface area contributed by atoms with E-state index in [-0.39, 0.29) is 29.4 Å². The van der Waals surface area contributed by atoms with Gasteiger partial charge in [0.25, 0.3) is 0 Å². The van der Waals surface area contributed by atoms with Crippen LogP contribution in [0.2, 0.25) is 0 Å². The topological polar surface area (TPSA) is 9.86 Å². The summed E-state index contributed by atoms with van der Waals surface area (Å²) in [4.78, 5) is 0. The van der Waals surface area contributed by atoms with Gasteiger partial charge < -0.3 is 9.13 Å². The lowest BCUT2D eigenvalue weighted by Gasteiger charge is -2.11. The highest BCUT2D eigenvalue weighted by Crippen LogP contribution is 2.38. The van der Waals surface area contributed by atoms with Crippen LogP contribution in [0.5, 0.6) is 0 Å². The number of nitrogens with zero attached hydrogens (tertiary/aromatic N) is 2. The molecule has 0 aliphatic heterocycles. The molecule has 0 bridgehead atoms. The molecule has 0 amide bonds. The Bertz CT molecular complexity index is 3690. The lowest BCUT2D eigenvalue weighted by Crippen LogP contribution is -1.94. The summed E-state index contributed by atoms with van der Waals surface area (Å²) in [5.74, 6) is 0. The second kappa shape index (κ2) is 11.5. The molecule has 0 radical (unpaired) electrons. The number of hydrogen-bond acceptors (Lipinski definition) is 0. The molecule has 0 fully saturated rings. The van der Waals surface area contributed by atoms with Gasteiger partial charge in [-0.05, 0) is 94.0 Å². The van der Waals surface area contributed by atoms with Crippen LogP contribution >= 0.6 is 0 Å². The highest BCUT2D eigenvalue weighted by atomic mass is 15.0. The van der Waals surface area contributed by atoms with Gasteiger partial charge in [-0.1, -0.05) is 133 Å². The molecule has 2 heteroatoms. The van der Waals surface area contributed by atoms with E-state index in [9.17, 15) is 2.74 Å². The first kappa shape index (κ1) is 16.6. The van der Waals surface area contributed by atoms with E-state index < -0.39 is 83.6 Å². The van der Waals surface area contributed by atoms with Crippen molar-refractivity contribution in [2.75, 3.05) is 0 Å². The molecule has 10 rings (SSSR count). The maximum atomic E-state index is 9.22. The lowest BCUT2D eigenvalue weighted by molar-refractivity contribution is 1.18. The Morgan fingerprint density at radius 1 is 0.300 bits per heavy atom. The first-order valence-corrected chi connectivity index (χ1v) is 15.9. The van der Waals surface area contributed by atoms with Gasteiger partial charge in [-0.2, -0.15) is 0 Å². The normalized spacial score (nSPS) is 16.1. The molecule has 0 saturated heterocycles. The first-order chi connectivity index (χ1) is 31.4. The fraction of sp³-hybridized carbons (Fsp3) is 0. The monoisotopic (exact) mass is 652 g/mol. The first-order valence-electron chi connectivity index (χ1n) is 23.9. The predicted octanol–water partition coefficient (Wildman–Crippen LogP) is 12.9. The average molecular weight is 653 g/mol. The van der Waals surface area contributed by atoms with Crippen LogP contribution in [0.1, 0.15) is 21.9 Å². The number of fused-ring (bicyclic) bond motifs is 6. The summed E-state index contributed by atoms with van der Waals surface area (Å²) in [5, 5.41) is 2.90. The van der Waals surface area contributed by atoms with E-state index >= 15 is 0 Å². The second-order valence-corrected chi connectivity index (χ2v) is 11.8. The van der Waals surface area contributed by atoms with Gasteiger partial charge in [0.2, 0.25) is 0 Å². The molecular weight excluding hydrogens is 605 g/mol. The van der Waals surface area contributed by atoms with Gasteiger partial charge in [0.05, 0.1) is 44.0 Å². The molecule has 234 valence electrons. The third-order valence-electron chi connectivity index (χ3n) is 9.05. The van der Waals surface area contributed by atoms with Gasteiger partial charge in [0.15, 0.2) is 0 Å². The molecule has 0 unspecified atom stereocenters. The van der Waals surface area contributed by atoms with Gasteiger partial charge in [0, 0.05) is 32.9 Å². The molecule has 2 heterocycles. The SMILES string of the molecule is [2H]c1ccc2c(c1)c1cc(-c3ccc4c(c3)c3cc([2H])ccc3n4-c3c([2H])c([2H])c(-c4c([2H])c([2H])c([2H])c([2H])c4[2H])c([2H])c3[2H])ccc1n2-c1ccc(-c2c([2H])c([2H])c([2H])c([2H])c2[2H])cc1. The standard InChI is InChI=1S/C48H32N2/c1-3-11-33(12-4-1)35-19-25-39(26-20-35)49-45-17-9-7-15-41(45)43-31-37(23-29-47(43)49)38-24-30-48-44(32-38)42-16-8-10-18-46(42)50(48)40-27-21-36(22-28-40)34-13-5-2-6-14-34/h1-32H/i1D,2D,3D,4D,5D,6D,7D,8D,11D,12D,13D,14D,19D,20D,25D,26D. The van der Waals surface area contributed by atoms with Gasteiger partial charge in [-0.3, -0.25) is 0 Å². The van der Waals surface area contributed by atoms with Crippen LogP contribution in [0.4, 0.5) is 0 Å². The summed E-state index contributed by atoms with van der Waals surface area (Å²) in [6.07, 6.45) is 0. The third kappa shape index (κ3) is 4.57. The summed E-state index contributed by atoms with van der Waals surface area (Å²) in [7, 11) is 0. The predicted molar refractivity (Wildman–Crippen MR) is 211 cm³/mol. The summed E-state index contributed by atoms with van der Waals surface area (Å²) >= 11 is 0. The lowest BCUT2D eigenvalue weighted by atomic mass is 10.0. The zero-order valence-corrected chi connectivity index (χ0v) is 26.1. The number of para-hydroxylation sites is 2. The summed E-state index contributed by atoms with van der Waals surface area (Å²) < 4.78 is 140. The van der Waals surface area contributed by atoms with Crippen LogP contribution in [0.3, 0.4) is 0 Å². The van der Waals surface area contributed by atoms with Crippen molar-refractivity contribution in [3.05, 3.63) is 194 Å². The molecule has 0 aliphatic carbocycles. The third-order valence-corrected chi connectivity index (χ3v) is 9.05. The van der Waals surface area contributed by atoms with E-state index in [2.05, 4.69) is 0 Å². The summed E-state index contributed by atoms with van der Waals surface area (Å²) in [6, 6.07) is 22.1. The highest BCUT2D eigenvalue weighted by molar-refractivity contribution is 6.12. The van der Waals surface area contributed by atoms with E-state index in [1.54, 1.807) is 53.1 Å². The van der Waals surface area contributed by atoms with Crippen molar-refractivity contribution in [2.45, 2.75) is 0 Å². The molecule has 10 aromatic rings. The van der Waals surface area contributed by atoms with Gasteiger partial charge in [-0.25, -0.2) is 0 Å². The van der Waals surface area contributed by atoms with Crippen LogP contribution in [0.25, 0.3) is 88.4 Å². The van der Waals surface area contributed by atoms with E-state index in [0.29, 0.717) is 33.4 Å². The number of aromatic nitrogens is 2. The molecule has 0 N–H and O–H groups in total. The number of benzene rings is 8. The van der Waals surface area contributed by atoms with Gasteiger partial charge in [-0.15, -0.1) is 0 Å². The summed E-state index contributed by atoms with van der Waals surface area (Å²) in [5.41, 5.74) is 4.57. The number of rotatable bonds is 5. The van der Waals surface area contributed by atoms with Crippen molar-refractivity contribution in [1.82, 2.24) is 9.13 Å². The molecule has 2 aromatic heterocycles. The molecule has 50 heavy (non-hydrogen) atoms. The molecule has 8 aromatic carbocycles. The Kier molecular flexibility index (Phi) is 3.83. The van der Waals surface area contributed by atoms with Crippen molar-refractivity contribution in [2.24, 2.45) is 0 Å². The maximum Gasteiger partial charge on any atom is 0.0645 e. The van der Waals surface area contributed by atoms with Crippen LogP contribution in [0, 0.1) is 0 Å². The largest absolute Gasteiger partial charge is 0.309 e. The van der Waals surface area contributed by atoms with E-state index in [0.717, 1.165) is 38.6 Å². The van der Waals surface area contributed by atoms with Crippen molar-refractivity contribution in [1.29, 1.82) is 0 Å². The number of hydrogen-bond donors (Lipinski definition) is 0. The molecule has 0 aliphatic rings. The fourth-order valence-corrected chi connectivity index (χ4v) is 6.79. The van der Waals surface area contributed by atoms with E-state index in [1.165, 1.54) is 0 Å². The van der Waals surface area contributed by atoms with E-state index in [1.807, 2.05) is 53.1 Å². The molecule has 0 spiro atoms. The van der Waals surface area contributed by atoms with Crippen molar-refractivity contribution >= 4 is 43.6 Å². The quantitative estimate of drug-likeness (QED) is 0.175. The van der Waals surface area contributed by atoms with E-state index in [4.69, 9.17) is 19.2 Å². The minimum Gasteiger partial charge on any atom is -0.309 e. The Morgan fingerprint density at radius 2 is 0.740 bits per heavy atom. The minimum atomic E-state index is -0.662. The molecular formula is C48H32N2. The zero-order chi connectivity index (χ0) is 46.9. The van der Waals surface area contributed by atoms with Crippen molar-refractivity contribution in [3.8, 4) is 44.8 Å². The molecule has 0 saturated carbocycles. The average Bonchev–Trinajstić information content (AvgIpc) is 3.80. The van der Waals surface area contributed by atoms with Gasteiger partial charge >= 0.3 is 0 Å². The van der Waals surface area contributed by atoms with Gasteiger partial charge in [0.1, 0.15) is 0 Å². The van der Waals surface area contributed by atoms with Crippen LogP contribution in [0.15, 0.2) is 194 Å². The smallest absolute Gasteiger partial charge is 0.0645 e. The maximum absolute atomic E-state index is 9.22. The Balaban J connectivity index is 1.13.